The Hall–Kier alpha value is -1.69. The third-order valence-electron chi connectivity index (χ3n) is 3.77. The summed E-state index contributed by atoms with van der Waals surface area (Å²) in [6.45, 7) is 11.1. The summed E-state index contributed by atoms with van der Waals surface area (Å²) in [6, 6.07) is 0. The zero-order valence-corrected chi connectivity index (χ0v) is 13.2. The molecule has 6 nitrogen and oxygen atoms in total. The first kappa shape index (κ1) is 15.7. The van der Waals surface area contributed by atoms with Gasteiger partial charge in [0.15, 0.2) is 11.5 Å². The van der Waals surface area contributed by atoms with Crippen LogP contribution in [0.5, 0.6) is 0 Å². The van der Waals surface area contributed by atoms with Gasteiger partial charge in [-0.3, -0.25) is 9.69 Å². The highest BCUT2D eigenvalue weighted by molar-refractivity contribution is 5.96. The van der Waals surface area contributed by atoms with E-state index in [0.717, 1.165) is 39.1 Å². The molecule has 1 aliphatic rings. The molecule has 1 amide bonds. The number of hydrogen-bond acceptors (Lipinski definition) is 5. The molecular formula is C15H25N5O. The van der Waals surface area contributed by atoms with E-state index >= 15 is 0 Å². The average Bonchev–Trinajstić information content (AvgIpc) is 2.45. The molecule has 0 unspecified atom stereocenters. The first-order valence-electron chi connectivity index (χ1n) is 7.45. The smallest absolute Gasteiger partial charge is 0.276 e. The van der Waals surface area contributed by atoms with Crippen LogP contribution in [0.2, 0.25) is 0 Å². The summed E-state index contributed by atoms with van der Waals surface area (Å²) in [5.41, 5.74) is 6.33. The second-order valence-electron chi connectivity index (χ2n) is 6.73. The first-order valence-corrected chi connectivity index (χ1v) is 7.45. The Labute approximate surface area is 126 Å². The van der Waals surface area contributed by atoms with Crippen molar-refractivity contribution >= 4 is 11.7 Å². The van der Waals surface area contributed by atoms with Crippen molar-refractivity contribution in [2.75, 3.05) is 38.5 Å². The van der Waals surface area contributed by atoms with Crippen molar-refractivity contribution in [2.24, 2.45) is 5.41 Å². The van der Waals surface area contributed by atoms with Gasteiger partial charge < -0.3 is 10.6 Å². The van der Waals surface area contributed by atoms with Crippen molar-refractivity contribution in [2.45, 2.75) is 27.2 Å². The number of amides is 1. The molecule has 116 valence electrons. The fourth-order valence-electron chi connectivity index (χ4n) is 2.33. The van der Waals surface area contributed by atoms with Gasteiger partial charge in [0.2, 0.25) is 0 Å². The molecule has 0 bridgehead atoms. The van der Waals surface area contributed by atoms with Crippen molar-refractivity contribution in [3.63, 3.8) is 0 Å². The number of anilines is 1. The number of nitrogens with two attached hydrogens (primary N) is 1. The quantitative estimate of drug-likeness (QED) is 0.907. The van der Waals surface area contributed by atoms with Gasteiger partial charge in [0.05, 0.1) is 0 Å². The lowest BCUT2D eigenvalue weighted by atomic mass is 9.92. The maximum absolute atomic E-state index is 12.4. The van der Waals surface area contributed by atoms with Crippen molar-refractivity contribution in [3.05, 3.63) is 18.1 Å². The van der Waals surface area contributed by atoms with Gasteiger partial charge in [-0.1, -0.05) is 20.8 Å². The summed E-state index contributed by atoms with van der Waals surface area (Å²) in [7, 11) is 0. The van der Waals surface area contributed by atoms with E-state index in [1.165, 1.54) is 12.4 Å². The topological polar surface area (TPSA) is 75.3 Å². The number of aromatic nitrogens is 2. The van der Waals surface area contributed by atoms with E-state index in [1.807, 2.05) is 4.90 Å². The van der Waals surface area contributed by atoms with Crippen LogP contribution in [0.25, 0.3) is 0 Å². The number of rotatable bonds is 3. The molecule has 2 rings (SSSR count). The normalized spacial score (nSPS) is 17.0. The van der Waals surface area contributed by atoms with Gasteiger partial charge in [0, 0.05) is 38.6 Å². The predicted octanol–water partition coefficient (Wildman–Crippen LogP) is 1.25. The van der Waals surface area contributed by atoms with E-state index in [-0.39, 0.29) is 17.4 Å². The molecule has 0 aromatic carbocycles. The fourth-order valence-corrected chi connectivity index (χ4v) is 2.33. The lowest BCUT2D eigenvalue weighted by Gasteiger charge is -2.35. The maximum Gasteiger partial charge on any atom is 0.276 e. The van der Waals surface area contributed by atoms with Crippen LogP contribution in [0, 0.1) is 5.41 Å². The Morgan fingerprint density at radius 3 is 2.38 bits per heavy atom. The van der Waals surface area contributed by atoms with Crippen LogP contribution in [0.15, 0.2) is 12.4 Å². The van der Waals surface area contributed by atoms with Gasteiger partial charge in [-0.25, -0.2) is 9.97 Å². The summed E-state index contributed by atoms with van der Waals surface area (Å²) >= 11 is 0. The summed E-state index contributed by atoms with van der Waals surface area (Å²) in [5.74, 6) is 0.0914. The summed E-state index contributed by atoms with van der Waals surface area (Å²) < 4.78 is 0. The number of hydrogen-bond donors (Lipinski definition) is 1. The first-order chi connectivity index (χ1) is 9.87. The summed E-state index contributed by atoms with van der Waals surface area (Å²) in [4.78, 5) is 24.6. The minimum Gasteiger partial charge on any atom is -0.382 e. The molecule has 6 heteroatoms. The average molecular weight is 291 g/mol. The summed E-state index contributed by atoms with van der Waals surface area (Å²) in [6.07, 6.45) is 4.16. The second-order valence-corrected chi connectivity index (χ2v) is 6.73. The number of carbonyl (C=O) groups is 1. The zero-order valence-electron chi connectivity index (χ0n) is 13.2. The molecule has 21 heavy (non-hydrogen) atoms. The zero-order chi connectivity index (χ0) is 15.5. The number of nitrogens with zero attached hydrogens (tertiary/aromatic N) is 4. The molecule has 0 aliphatic carbocycles. The van der Waals surface area contributed by atoms with E-state index in [9.17, 15) is 4.79 Å². The largest absolute Gasteiger partial charge is 0.382 e. The van der Waals surface area contributed by atoms with Crippen LogP contribution >= 0.6 is 0 Å². The molecule has 1 aromatic rings. The van der Waals surface area contributed by atoms with Gasteiger partial charge >= 0.3 is 0 Å². The lowest BCUT2D eigenvalue weighted by Crippen LogP contribution is -2.49. The molecule has 0 spiro atoms. The Morgan fingerprint density at radius 1 is 1.19 bits per heavy atom. The highest BCUT2D eigenvalue weighted by Gasteiger charge is 2.25. The predicted molar refractivity (Wildman–Crippen MR) is 82.9 cm³/mol. The number of carbonyl (C=O) groups excluding carboxylic acids is 1. The van der Waals surface area contributed by atoms with Crippen molar-refractivity contribution in [1.29, 1.82) is 0 Å². The molecule has 0 saturated carbocycles. The van der Waals surface area contributed by atoms with Gasteiger partial charge in [-0.15, -0.1) is 0 Å². The number of nitrogen functional groups attached to an aromatic ring is 1. The second kappa shape index (κ2) is 6.39. The molecule has 0 atom stereocenters. The van der Waals surface area contributed by atoms with Crippen molar-refractivity contribution in [1.82, 2.24) is 19.8 Å². The Balaban J connectivity index is 1.87. The SMILES string of the molecule is CC(C)(C)CCN1CCN(C(=O)c2nccnc2N)CC1. The Morgan fingerprint density at radius 2 is 1.81 bits per heavy atom. The summed E-state index contributed by atoms with van der Waals surface area (Å²) in [5, 5.41) is 0. The van der Waals surface area contributed by atoms with Gasteiger partial charge in [0.1, 0.15) is 0 Å². The van der Waals surface area contributed by atoms with E-state index in [1.54, 1.807) is 0 Å². The highest BCUT2D eigenvalue weighted by Crippen LogP contribution is 2.19. The monoisotopic (exact) mass is 291 g/mol. The minimum absolute atomic E-state index is 0.115. The van der Waals surface area contributed by atoms with Gasteiger partial charge in [0.25, 0.3) is 5.91 Å². The van der Waals surface area contributed by atoms with Crippen LogP contribution in [0.3, 0.4) is 0 Å². The third-order valence-corrected chi connectivity index (χ3v) is 3.77. The van der Waals surface area contributed by atoms with Crippen molar-refractivity contribution in [3.8, 4) is 0 Å². The van der Waals surface area contributed by atoms with Crippen LogP contribution < -0.4 is 5.73 Å². The maximum atomic E-state index is 12.4. The molecular weight excluding hydrogens is 266 g/mol. The van der Waals surface area contributed by atoms with Crippen molar-refractivity contribution < 1.29 is 4.79 Å². The molecule has 2 N–H and O–H groups in total. The van der Waals surface area contributed by atoms with Crippen LogP contribution in [-0.2, 0) is 0 Å². The van der Waals surface area contributed by atoms with E-state index < -0.39 is 0 Å². The molecule has 1 aliphatic heterocycles. The van der Waals surface area contributed by atoms with Crippen LogP contribution in [-0.4, -0.2) is 58.4 Å². The van der Waals surface area contributed by atoms with Gasteiger partial charge in [-0.05, 0) is 18.4 Å². The van der Waals surface area contributed by atoms with Crippen LogP contribution in [0.1, 0.15) is 37.7 Å². The van der Waals surface area contributed by atoms with E-state index in [2.05, 4.69) is 35.6 Å². The number of piperazine rings is 1. The minimum atomic E-state index is -0.115. The van der Waals surface area contributed by atoms with Gasteiger partial charge in [-0.2, -0.15) is 0 Å². The molecule has 1 saturated heterocycles. The highest BCUT2D eigenvalue weighted by atomic mass is 16.2. The fraction of sp³-hybridized carbons (Fsp3) is 0.667. The van der Waals surface area contributed by atoms with E-state index in [0.29, 0.717) is 5.41 Å². The Kier molecular flexibility index (Phi) is 4.77. The lowest BCUT2D eigenvalue weighted by molar-refractivity contribution is 0.0618. The molecule has 1 aromatic heterocycles. The van der Waals surface area contributed by atoms with Crippen LogP contribution in [0.4, 0.5) is 5.82 Å². The molecule has 2 heterocycles. The molecule has 0 radical (unpaired) electrons. The Bertz CT molecular complexity index is 489. The standard InChI is InChI=1S/C15H25N5O/c1-15(2,3)4-7-19-8-10-20(11-9-19)14(21)12-13(16)18-6-5-17-12/h5-6H,4,7-11H2,1-3H3,(H2,16,18). The third kappa shape index (κ3) is 4.39. The molecule has 1 fully saturated rings. The van der Waals surface area contributed by atoms with E-state index in [4.69, 9.17) is 5.73 Å².